The van der Waals surface area contributed by atoms with E-state index < -0.39 is 215 Å². The molecule has 826 valence electrons. The molecule has 0 aromatic carbocycles. The minimum absolute atomic E-state index is 0.271. The van der Waals surface area contributed by atoms with Gasteiger partial charge in [-0.05, 0) is 90.8 Å². The van der Waals surface area contributed by atoms with Crippen molar-refractivity contribution in [1.82, 2.24) is 142 Å². The second kappa shape index (κ2) is 55.9. The molecule has 21 aliphatic heterocycles. The lowest BCUT2D eigenvalue weighted by atomic mass is 9.94. The van der Waals surface area contributed by atoms with Gasteiger partial charge >= 0.3 is 0 Å². The minimum Gasteiger partial charge on any atom is -0.387 e. The molecule has 21 saturated heterocycles. The van der Waals surface area contributed by atoms with Crippen molar-refractivity contribution in [3.05, 3.63) is 83.2 Å². The Hall–Kier alpha value is -7.42. The lowest BCUT2D eigenvalue weighted by molar-refractivity contribution is -0.395. The van der Waals surface area contributed by atoms with Crippen molar-refractivity contribution in [3.63, 3.8) is 0 Å². The van der Waals surface area contributed by atoms with Gasteiger partial charge in [-0.1, -0.05) is 130 Å². The highest BCUT2D eigenvalue weighted by Crippen LogP contribution is 2.41. The average molecular weight is 2090 g/mol. The van der Waals surface area contributed by atoms with Gasteiger partial charge in [-0.15, -0.1) is 35.7 Å². The van der Waals surface area contributed by atoms with Crippen molar-refractivity contribution in [2.45, 2.75) is 445 Å². The predicted octanol–water partition coefficient (Wildman–Crippen LogP) is -6.91. The van der Waals surface area contributed by atoms with Gasteiger partial charge in [0, 0.05) is 89.2 Å². The number of ether oxygens (including phenoxy) is 14. The van der Waals surface area contributed by atoms with Crippen molar-refractivity contribution in [2.24, 2.45) is 0 Å². The number of hydrogen-bond donors (Lipinski definition) is 21. The van der Waals surface area contributed by atoms with E-state index in [0.29, 0.717) is 85.7 Å². The third-order valence-corrected chi connectivity index (χ3v) is 27.3. The standard InChI is InChI=1S/C91H154N28O28/c1-8-15-22-92-29-50-36-113(106-99-50)43-57-78-64(120)71(127)85(134-57)142-79-58(44-114-37-51(100-107-114)30-93-23-16-9-2)136-87(73(129)66(79)122)144-81-60(46-116-39-53(102-109-116)32-95-25-18-11-4)138-89(75(131)68(81)124)146-83-62(48-118-41-55(104-111-118)34-97-27-20-13-6)140-91(77(133)70(83)126)147-84-63(49-119-42-56(105-112-119)35-98-28-21-14-7)139-90(76(132)69(84)125)145-82-61(47-117-40-54(103-110-117)33-96-26-19-12-5)137-88(74(130)67(82)123)143-80-59(135-86(141-78)72(128)65(80)121)45-115-38-52(101-108-115)31-94-24-17-10-3/h36-42,57-98,120-133H,8-35,43-49H2,1-7H3/t57-,58-,59-,60-,61-,62-,63-,64-,65-,66-,67-,68-,69-,70-,71-,72-,73-,74-,75-,76-,77-,78-,79-,80-,81-,82-,83-,84-,85-,86-,87-,88-,89-,90-,91-/m1/s1. The summed E-state index contributed by atoms with van der Waals surface area (Å²) in [5, 5.41) is 265. The van der Waals surface area contributed by atoms with E-state index in [1.165, 1.54) is 32.8 Å². The molecule has 147 heavy (non-hydrogen) atoms. The Kier molecular flexibility index (Phi) is 43.2. The summed E-state index contributed by atoms with van der Waals surface area (Å²) in [7, 11) is 0. The Bertz CT molecular complexity index is 4110. The van der Waals surface area contributed by atoms with Crippen LogP contribution in [0.5, 0.6) is 0 Å². The van der Waals surface area contributed by atoms with Crippen molar-refractivity contribution in [3.8, 4) is 0 Å². The Balaban J connectivity index is 0.832. The van der Waals surface area contributed by atoms with E-state index in [1.807, 2.05) is 48.5 Å². The molecular weight excluding hydrogens is 1930 g/mol. The molecule has 56 nitrogen and oxygen atoms in total. The number of aliphatic hydroxyl groups is 14. The molecule has 14 bridgehead atoms. The summed E-state index contributed by atoms with van der Waals surface area (Å²) in [4.78, 5) is 0. The van der Waals surface area contributed by atoms with Crippen molar-refractivity contribution in [2.75, 3.05) is 45.8 Å². The molecule has 21 fully saturated rings. The zero-order valence-corrected chi connectivity index (χ0v) is 84.4. The van der Waals surface area contributed by atoms with Crippen LogP contribution in [-0.2, 0) is 158 Å². The zero-order valence-electron chi connectivity index (χ0n) is 84.4. The molecule has 0 spiro atoms. The van der Waals surface area contributed by atoms with Crippen LogP contribution < -0.4 is 37.2 Å². The quantitative estimate of drug-likeness (QED) is 0.0158. The Morgan fingerprint density at radius 3 is 0.429 bits per heavy atom. The number of hydrogen-bond acceptors (Lipinski definition) is 49. The summed E-state index contributed by atoms with van der Waals surface area (Å²) in [5.41, 5.74) is 3.31. The summed E-state index contributed by atoms with van der Waals surface area (Å²) in [5.74, 6) is 0. The van der Waals surface area contributed by atoms with Crippen LogP contribution in [0.4, 0.5) is 0 Å². The first-order chi connectivity index (χ1) is 71.3. The molecule has 7 aromatic heterocycles. The molecule has 0 amide bonds. The summed E-state index contributed by atoms with van der Waals surface area (Å²) in [6.45, 7) is 18.0. The maximum absolute atomic E-state index is 13.0. The molecule has 0 radical (unpaired) electrons. The maximum Gasteiger partial charge on any atom is 0.187 e. The van der Waals surface area contributed by atoms with Crippen LogP contribution in [0.2, 0.25) is 0 Å². The fraction of sp³-hybridized carbons (Fsp3) is 0.846. The first kappa shape index (κ1) is 114. The zero-order chi connectivity index (χ0) is 104. The highest BCUT2D eigenvalue weighted by Gasteiger charge is 2.61. The molecule has 0 saturated carbocycles. The Morgan fingerprint density at radius 2 is 0.313 bits per heavy atom. The van der Waals surface area contributed by atoms with E-state index in [4.69, 9.17) is 66.3 Å². The molecule has 28 rings (SSSR count). The lowest BCUT2D eigenvalue weighted by Gasteiger charge is -2.50. The van der Waals surface area contributed by atoms with E-state index in [9.17, 15) is 71.5 Å². The number of rotatable bonds is 49. The van der Waals surface area contributed by atoms with Gasteiger partial charge in [-0.3, -0.25) is 0 Å². The van der Waals surface area contributed by atoms with E-state index >= 15 is 0 Å². The van der Waals surface area contributed by atoms with Crippen LogP contribution in [0.3, 0.4) is 0 Å². The second-order valence-corrected chi connectivity index (χ2v) is 39.1. The van der Waals surface area contributed by atoms with Gasteiger partial charge in [0.1, 0.15) is 171 Å². The third kappa shape index (κ3) is 30.0. The lowest BCUT2D eigenvalue weighted by Crippen LogP contribution is -2.68. The van der Waals surface area contributed by atoms with E-state index in [0.717, 1.165) is 89.9 Å². The van der Waals surface area contributed by atoms with Gasteiger partial charge in [0.25, 0.3) is 0 Å². The van der Waals surface area contributed by atoms with Gasteiger partial charge in [-0.25, -0.2) is 32.8 Å². The van der Waals surface area contributed by atoms with Gasteiger partial charge in [-0.2, -0.15) is 0 Å². The number of nitrogens with one attached hydrogen (secondary N) is 7. The van der Waals surface area contributed by atoms with E-state index in [-0.39, 0.29) is 91.6 Å². The molecular formula is C91H154N28O28. The SMILES string of the molecule is CCCCNCc1cn(C[C@H]2O[C@@H]3O[C@H]4[C@H](O)[C@@H](O)[C@@H](O[C@H]5[C@H](O)[C@@H](O)[C@@H](O[C@H]6[C@H](O)[C@@H](O)[C@@H](O[C@H]7[C@H](O)[C@@H](O)[C@@H](O[C@H]8[C@H](O)[C@@H](O)[C@@H](O[C@H]9[C@H](O)[C@@H](O)[C@@H](O[C@H]2[C@H](O)[C@H]3O)O[C@@H]9Cn2cc(CNCCCC)nn2)O[C@@H]8Cn2cc(CNCCCC)nn2)O[C@@H]7Cn2cc(CNCCCC)nn2)O[C@@H]6Cn2cc(CNCCCC)nn2)O[C@@H]5Cn2cc(CNCCCC)nn2)O[C@@H]4Cn2cc(CNCCCC)nn2)nn1. The molecule has 21 aliphatic rings. The fourth-order valence-electron chi connectivity index (χ4n) is 18.9. The topological polar surface area (TPSA) is 712 Å². The van der Waals surface area contributed by atoms with Crippen LogP contribution in [0.1, 0.15) is 178 Å². The number of unbranched alkanes of at least 4 members (excludes halogenated alkanes) is 7. The van der Waals surface area contributed by atoms with E-state index in [1.54, 1.807) is 43.4 Å². The van der Waals surface area contributed by atoms with Crippen LogP contribution in [-0.4, -0.2) is 437 Å². The van der Waals surface area contributed by atoms with Crippen LogP contribution in [0.25, 0.3) is 0 Å². The predicted molar refractivity (Wildman–Crippen MR) is 505 cm³/mol. The first-order valence-corrected chi connectivity index (χ1v) is 52.2. The highest BCUT2D eigenvalue weighted by molar-refractivity contribution is 5.07. The van der Waals surface area contributed by atoms with Crippen molar-refractivity contribution < 1.29 is 138 Å². The van der Waals surface area contributed by atoms with Gasteiger partial charge in [0.15, 0.2) is 44.0 Å². The van der Waals surface area contributed by atoms with E-state index in [2.05, 4.69) is 109 Å². The van der Waals surface area contributed by atoms with Gasteiger partial charge in [0.2, 0.25) is 0 Å². The maximum atomic E-state index is 13.0. The summed E-state index contributed by atoms with van der Waals surface area (Å²) in [6, 6.07) is 0. The fourth-order valence-corrected chi connectivity index (χ4v) is 18.9. The van der Waals surface area contributed by atoms with Crippen molar-refractivity contribution in [1.29, 1.82) is 0 Å². The van der Waals surface area contributed by atoms with Gasteiger partial charge in [0.05, 0.1) is 85.7 Å². The number of aromatic nitrogens is 21. The Labute approximate surface area is 850 Å². The molecule has 28 heterocycles. The molecule has 7 aromatic rings. The number of aliphatic hydroxyl groups excluding tert-OH is 14. The highest BCUT2D eigenvalue weighted by atomic mass is 16.8. The Morgan fingerprint density at radius 1 is 0.190 bits per heavy atom. The summed E-state index contributed by atoms with van der Waals surface area (Å²) in [6.07, 6.45) is -45.1. The summed E-state index contributed by atoms with van der Waals surface area (Å²) >= 11 is 0. The minimum atomic E-state index is -2.21. The molecule has 35 atom stereocenters. The monoisotopic (exact) mass is 2090 g/mol. The average Bonchev–Trinajstić information content (AvgIpc) is 1.58. The van der Waals surface area contributed by atoms with Crippen LogP contribution >= 0.6 is 0 Å². The normalized spacial score (nSPS) is 34.7. The first-order valence-electron chi connectivity index (χ1n) is 52.2. The largest absolute Gasteiger partial charge is 0.387 e. The number of nitrogens with zero attached hydrogens (tertiary/aromatic N) is 21. The second-order valence-electron chi connectivity index (χ2n) is 39.1. The molecule has 0 aliphatic carbocycles. The van der Waals surface area contributed by atoms with Gasteiger partial charge < -0.3 is 175 Å². The van der Waals surface area contributed by atoms with Crippen LogP contribution in [0, 0.1) is 0 Å². The smallest absolute Gasteiger partial charge is 0.187 e. The molecule has 56 heteroatoms. The summed E-state index contributed by atoms with van der Waals surface area (Å²) < 4.78 is 104. The van der Waals surface area contributed by atoms with Crippen molar-refractivity contribution >= 4 is 0 Å². The van der Waals surface area contributed by atoms with Crippen LogP contribution in [0.15, 0.2) is 43.4 Å². The molecule has 21 N–H and O–H groups in total. The third-order valence-electron chi connectivity index (χ3n) is 27.3. The molecule has 0 unspecified atom stereocenters.